The van der Waals surface area contributed by atoms with Gasteiger partial charge in [-0.05, 0) is 27.2 Å². The van der Waals surface area contributed by atoms with Crippen molar-refractivity contribution in [2.75, 3.05) is 19.6 Å². The molecule has 0 aromatic rings. The Morgan fingerprint density at radius 1 is 1.38 bits per heavy atom. The Bertz CT molecular complexity index is 193. The molecule has 0 aliphatic heterocycles. The molecule has 1 amide bonds. The average molecular weight is 230 g/mol. The fourth-order valence-corrected chi connectivity index (χ4v) is 1.44. The molecule has 0 rings (SSSR count). The van der Waals surface area contributed by atoms with Crippen LogP contribution in [0.5, 0.6) is 0 Å². The molecule has 1 unspecified atom stereocenters. The van der Waals surface area contributed by atoms with Crippen molar-refractivity contribution in [1.82, 2.24) is 10.2 Å². The Labute approximate surface area is 99.0 Å². The lowest BCUT2D eigenvalue weighted by molar-refractivity contribution is -0.123. The number of hydrogen-bond acceptors (Lipinski definition) is 3. The number of unbranched alkanes of at least 4 members (excludes halogenated alkanes) is 1. The third-order valence-electron chi connectivity index (χ3n) is 2.43. The van der Waals surface area contributed by atoms with Crippen molar-refractivity contribution in [1.29, 1.82) is 0 Å². The van der Waals surface area contributed by atoms with Gasteiger partial charge < -0.3 is 10.4 Å². The Morgan fingerprint density at radius 3 is 2.44 bits per heavy atom. The van der Waals surface area contributed by atoms with Crippen molar-refractivity contribution >= 4 is 5.91 Å². The van der Waals surface area contributed by atoms with Crippen LogP contribution in [0.25, 0.3) is 0 Å². The summed E-state index contributed by atoms with van der Waals surface area (Å²) in [5.74, 6) is 0.0443. The van der Waals surface area contributed by atoms with E-state index in [1.54, 1.807) is 6.92 Å². The van der Waals surface area contributed by atoms with E-state index < -0.39 is 6.10 Å². The van der Waals surface area contributed by atoms with Gasteiger partial charge in [0.2, 0.25) is 5.91 Å². The van der Waals surface area contributed by atoms with Crippen LogP contribution < -0.4 is 5.32 Å². The summed E-state index contributed by atoms with van der Waals surface area (Å²) in [6.45, 7) is 9.55. The molecular formula is C12H26N2O2. The van der Waals surface area contributed by atoms with E-state index >= 15 is 0 Å². The lowest BCUT2D eigenvalue weighted by atomic mass is 10.2. The average Bonchev–Trinajstić information content (AvgIpc) is 2.16. The number of carbonyl (C=O) groups is 1. The van der Waals surface area contributed by atoms with Crippen LogP contribution in [0.3, 0.4) is 0 Å². The molecule has 2 N–H and O–H groups in total. The molecule has 4 nitrogen and oxygen atoms in total. The second-order valence-electron chi connectivity index (χ2n) is 4.58. The molecule has 0 saturated heterocycles. The van der Waals surface area contributed by atoms with Gasteiger partial charge in [0.25, 0.3) is 0 Å². The molecule has 0 aliphatic carbocycles. The normalized spacial score (nSPS) is 13.2. The highest BCUT2D eigenvalue weighted by Crippen LogP contribution is 1.99. The van der Waals surface area contributed by atoms with Crippen LogP contribution in [-0.2, 0) is 4.79 Å². The number of hydrogen-bond donors (Lipinski definition) is 2. The van der Waals surface area contributed by atoms with Gasteiger partial charge in [-0.25, -0.2) is 0 Å². The summed E-state index contributed by atoms with van der Waals surface area (Å²) in [5.41, 5.74) is 0. The molecular weight excluding hydrogens is 204 g/mol. The fourth-order valence-electron chi connectivity index (χ4n) is 1.44. The Balaban J connectivity index is 3.93. The first-order chi connectivity index (χ1) is 7.47. The molecule has 0 bridgehead atoms. The van der Waals surface area contributed by atoms with Crippen molar-refractivity contribution in [3.63, 3.8) is 0 Å². The summed E-state index contributed by atoms with van der Waals surface area (Å²) >= 11 is 0. The molecule has 0 spiro atoms. The zero-order valence-corrected chi connectivity index (χ0v) is 11.0. The maximum absolute atomic E-state index is 11.6. The number of amides is 1. The largest absolute Gasteiger partial charge is 0.392 e. The minimum Gasteiger partial charge on any atom is -0.392 e. The zero-order chi connectivity index (χ0) is 12.6. The number of aliphatic hydroxyl groups excluding tert-OH is 1. The third kappa shape index (κ3) is 7.65. The van der Waals surface area contributed by atoms with Crippen molar-refractivity contribution in [2.45, 2.75) is 52.7 Å². The number of aliphatic hydroxyl groups is 1. The molecule has 16 heavy (non-hydrogen) atoms. The Morgan fingerprint density at radius 2 is 2.00 bits per heavy atom. The summed E-state index contributed by atoms with van der Waals surface area (Å²) in [6.07, 6.45) is 1.71. The molecule has 0 saturated carbocycles. The summed E-state index contributed by atoms with van der Waals surface area (Å²) in [6, 6.07) is 0.270. The molecule has 0 heterocycles. The quantitative estimate of drug-likeness (QED) is 0.612. The number of nitrogens with zero attached hydrogens (tertiary/aromatic N) is 1. The molecule has 0 fully saturated rings. The van der Waals surface area contributed by atoms with Gasteiger partial charge in [0.1, 0.15) is 0 Å². The standard InChI is InChI=1S/C12H26N2O2/c1-5-6-7-13-12(16)9-14(10(2)3)8-11(4)15/h10-11,15H,5-9H2,1-4H3,(H,13,16). The van der Waals surface area contributed by atoms with E-state index in [4.69, 9.17) is 0 Å². The number of nitrogens with one attached hydrogen (secondary N) is 1. The Kier molecular flexibility index (Phi) is 8.21. The second-order valence-corrected chi connectivity index (χ2v) is 4.58. The van der Waals surface area contributed by atoms with E-state index in [0.29, 0.717) is 13.1 Å². The molecule has 0 aromatic heterocycles. The maximum atomic E-state index is 11.6. The van der Waals surface area contributed by atoms with Crippen molar-refractivity contribution in [2.24, 2.45) is 0 Å². The summed E-state index contributed by atoms with van der Waals surface area (Å²) in [5, 5.41) is 12.2. The van der Waals surface area contributed by atoms with E-state index in [1.165, 1.54) is 0 Å². The van der Waals surface area contributed by atoms with Gasteiger partial charge in [0.05, 0.1) is 12.6 Å². The number of rotatable bonds is 8. The summed E-state index contributed by atoms with van der Waals surface area (Å²) in [7, 11) is 0. The van der Waals surface area contributed by atoms with Gasteiger partial charge in [0, 0.05) is 19.1 Å². The van der Waals surface area contributed by atoms with E-state index in [1.807, 2.05) is 18.7 Å². The van der Waals surface area contributed by atoms with E-state index in [9.17, 15) is 9.90 Å². The van der Waals surface area contributed by atoms with Crippen LogP contribution in [0.1, 0.15) is 40.5 Å². The van der Waals surface area contributed by atoms with Gasteiger partial charge in [-0.1, -0.05) is 13.3 Å². The number of carbonyl (C=O) groups excluding carboxylic acids is 1. The van der Waals surface area contributed by atoms with Crippen molar-refractivity contribution in [3.8, 4) is 0 Å². The van der Waals surface area contributed by atoms with Gasteiger partial charge in [-0.2, -0.15) is 0 Å². The van der Waals surface area contributed by atoms with Crippen LogP contribution in [-0.4, -0.2) is 47.7 Å². The van der Waals surface area contributed by atoms with Gasteiger partial charge in [-0.3, -0.25) is 9.69 Å². The van der Waals surface area contributed by atoms with Crippen LogP contribution in [0.15, 0.2) is 0 Å². The van der Waals surface area contributed by atoms with E-state index in [-0.39, 0.29) is 11.9 Å². The first-order valence-corrected chi connectivity index (χ1v) is 6.16. The van der Waals surface area contributed by atoms with Gasteiger partial charge in [0.15, 0.2) is 0 Å². The maximum Gasteiger partial charge on any atom is 0.234 e. The summed E-state index contributed by atoms with van der Waals surface area (Å²) in [4.78, 5) is 13.6. The van der Waals surface area contributed by atoms with Gasteiger partial charge >= 0.3 is 0 Å². The fraction of sp³-hybridized carbons (Fsp3) is 0.917. The first-order valence-electron chi connectivity index (χ1n) is 6.16. The van der Waals surface area contributed by atoms with Crippen molar-refractivity contribution in [3.05, 3.63) is 0 Å². The topological polar surface area (TPSA) is 52.6 Å². The Hall–Kier alpha value is -0.610. The second kappa shape index (κ2) is 8.53. The smallest absolute Gasteiger partial charge is 0.234 e. The molecule has 96 valence electrons. The molecule has 0 aromatic carbocycles. The SMILES string of the molecule is CCCCNC(=O)CN(CC(C)O)C(C)C. The minimum absolute atomic E-state index is 0.0443. The van der Waals surface area contributed by atoms with Crippen LogP contribution >= 0.6 is 0 Å². The highest BCUT2D eigenvalue weighted by molar-refractivity contribution is 5.78. The third-order valence-corrected chi connectivity index (χ3v) is 2.43. The molecule has 1 atom stereocenters. The molecule has 0 aliphatic rings. The highest BCUT2D eigenvalue weighted by Gasteiger charge is 2.15. The lowest BCUT2D eigenvalue weighted by Crippen LogP contribution is -2.43. The highest BCUT2D eigenvalue weighted by atomic mass is 16.3. The predicted molar refractivity (Wildman–Crippen MR) is 66.3 cm³/mol. The van der Waals surface area contributed by atoms with Crippen molar-refractivity contribution < 1.29 is 9.90 Å². The van der Waals surface area contributed by atoms with Crippen LogP contribution in [0.4, 0.5) is 0 Å². The summed E-state index contributed by atoms with van der Waals surface area (Å²) < 4.78 is 0. The van der Waals surface area contributed by atoms with Crippen LogP contribution in [0.2, 0.25) is 0 Å². The van der Waals surface area contributed by atoms with Gasteiger partial charge in [-0.15, -0.1) is 0 Å². The monoisotopic (exact) mass is 230 g/mol. The van der Waals surface area contributed by atoms with E-state index in [0.717, 1.165) is 19.4 Å². The first kappa shape index (κ1) is 15.4. The molecule has 0 radical (unpaired) electrons. The predicted octanol–water partition coefficient (Wildman–Crippen LogP) is 0.994. The van der Waals surface area contributed by atoms with E-state index in [2.05, 4.69) is 12.2 Å². The zero-order valence-electron chi connectivity index (χ0n) is 11.0. The van der Waals surface area contributed by atoms with Crippen LogP contribution in [0, 0.1) is 0 Å². The minimum atomic E-state index is -0.397. The molecule has 4 heteroatoms. The lowest BCUT2D eigenvalue weighted by Gasteiger charge is -2.26.